The fraction of sp³-hybridized carbons (Fsp3) is 1.00. The summed E-state index contributed by atoms with van der Waals surface area (Å²) in [6.07, 6.45) is 9.86. The quantitative estimate of drug-likeness (QED) is 0.689. The van der Waals surface area contributed by atoms with Crippen LogP contribution in [0.15, 0.2) is 0 Å². The molecule has 16 heavy (non-hydrogen) atoms. The summed E-state index contributed by atoms with van der Waals surface area (Å²) in [6.45, 7) is 4.63. The topological polar surface area (TPSA) is 12.0 Å². The monoisotopic (exact) mass is 243 g/mol. The molecule has 1 aliphatic rings. The highest BCUT2D eigenvalue weighted by Gasteiger charge is 2.21. The molecule has 2 atom stereocenters. The summed E-state index contributed by atoms with van der Waals surface area (Å²) in [4.78, 5) is 0. The third-order valence-electron chi connectivity index (χ3n) is 3.84. The molecule has 0 aromatic carbocycles. The van der Waals surface area contributed by atoms with Crippen LogP contribution in [0.25, 0.3) is 0 Å². The van der Waals surface area contributed by atoms with Crippen molar-refractivity contribution < 1.29 is 0 Å². The molecule has 0 amide bonds. The van der Waals surface area contributed by atoms with E-state index in [1.165, 1.54) is 50.7 Å². The predicted molar refractivity (Wildman–Crippen MR) is 76.3 cm³/mol. The molecule has 1 N–H and O–H groups in total. The average Bonchev–Trinajstić information content (AvgIpc) is 2.81. The zero-order chi connectivity index (χ0) is 11.8. The molecular formula is C14H29NS. The molecule has 0 bridgehead atoms. The smallest absolute Gasteiger partial charge is 0.0198 e. The lowest BCUT2D eigenvalue weighted by molar-refractivity contribution is 0.488. The van der Waals surface area contributed by atoms with Crippen molar-refractivity contribution in [3.8, 4) is 0 Å². The summed E-state index contributed by atoms with van der Waals surface area (Å²) in [5.74, 6) is 2.43. The highest BCUT2D eigenvalue weighted by molar-refractivity contribution is 7.99. The van der Waals surface area contributed by atoms with Gasteiger partial charge in [-0.1, -0.05) is 33.1 Å². The summed E-state index contributed by atoms with van der Waals surface area (Å²) in [5.41, 5.74) is 0. The number of hydrogen-bond donors (Lipinski definition) is 1. The van der Waals surface area contributed by atoms with Crippen LogP contribution in [0, 0.1) is 5.92 Å². The van der Waals surface area contributed by atoms with E-state index >= 15 is 0 Å². The Balaban J connectivity index is 2.28. The van der Waals surface area contributed by atoms with Crippen LogP contribution in [-0.2, 0) is 0 Å². The summed E-state index contributed by atoms with van der Waals surface area (Å²) in [7, 11) is 2.12. The van der Waals surface area contributed by atoms with E-state index in [4.69, 9.17) is 0 Å². The summed E-state index contributed by atoms with van der Waals surface area (Å²) < 4.78 is 0. The third-order valence-corrected chi connectivity index (χ3v) is 5.60. The van der Waals surface area contributed by atoms with Crippen molar-refractivity contribution in [1.29, 1.82) is 0 Å². The van der Waals surface area contributed by atoms with Gasteiger partial charge in [-0.15, -0.1) is 0 Å². The first kappa shape index (κ1) is 14.4. The maximum Gasteiger partial charge on any atom is 0.0198 e. The van der Waals surface area contributed by atoms with E-state index in [0.717, 1.165) is 17.2 Å². The number of thioether (sulfide) groups is 1. The summed E-state index contributed by atoms with van der Waals surface area (Å²) in [5, 5.41) is 4.33. The van der Waals surface area contributed by atoms with E-state index in [9.17, 15) is 0 Å². The molecule has 0 heterocycles. The lowest BCUT2D eigenvalue weighted by Gasteiger charge is -2.26. The van der Waals surface area contributed by atoms with Crippen LogP contribution < -0.4 is 5.32 Å². The molecule has 2 heteroatoms. The summed E-state index contributed by atoms with van der Waals surface area (Å²) >= 11 is 2.23. The fourth-order valence-electron chi connectivity index (χ4n) is 2.78. The van der Waals surface area contributed by atoms with Crippen LogP contribution >= 0.6 is 11.8 Å². The van der Waals surface area contributed by atoms with E-state index in [2.05, 4.69) is 38.0 Å². The Morgan fingerprint density at radius 2 is 1.94 bits per heavy atom. The molecule has 0 saturated heterocycles. The molecule has 0 spiro atoms. The minimum atomic E-state index is 0.724. The standard InChI is InChI=1S/C14H29NS/c1-4-8-13(15-3)14(5-2)16-11-12-9-6-7-10-12/h12-15H,4-11H2,1-3H3. The third kappa shape index (κ3) is 4.67. The van der Waals surface area contributed by atoms with Gasteiger partial charge in [0.15, 0.2) is 0 Å². The molecule has 0 radical (unpaired) electrons. The van der Waals surface area contributed by atoms with Gasteiger partial charge in [0.25, 0.3) is 0 Å². The Hall–Kier alpha value is 0.310. The van der Waals surface area contributed by atoms with E-state index < -0.39 is 0 Å². The van der Waals surface area contributed by atoms with Gasteiger partial charge in [-0.25, -0.2) is 0 Å². The molecule has 96 valence electrons. The van der Waals surface area contributed by atoms with Crippen molar-refractivity contribution in [3.05, 3.63) is 0 Å². The van der Waals surface area contributed by atoms with Gasteiger partial charge in [0.1, 0.15) is 0 Å². The Labute approximate surface area is 106 Å². The molecule has 1 fully saturated rings. The van der Waals surface area contributed by atoms with Gasteiger partial charge in [-0.05, 0) is 44.4 Å². The molecule has 0 aliphatic heterocycles. The van der Waals surface area contributed by atoms with Gasteiger partial charge >= 0.3 is 0 Å². The maximum atomic E-state index is 3.51. The van der Waals surface area contributed by atoms with Crippen LogP contribution in [-0.4, -0.2) is 24.1 Å². The second-order valence-electron chi connectivity index (χ2n) is 5.11. The zero-order valence-electron chi connectivity index (χ0n) is 11.3. The van der Waals surface area contributed by atoms with Crippen LogP contribution in [0.1, 0.15) is 58.8 Å². The maximum absolute atomic E-state index is 3.51. The first-order valence-corrected chi connectivity index (χ1v) is 8.15. The van der Waals surface area contributed by atoms with Crippen LogP contribution in [0.3, 0.4) is 0 Å². The van der Waals surface area contributed by atoms with Crippen LogP contribution in [0.4, 0.5) is 0 Å². The van der Waals surface area contributed by atoms with Gasteiger partial charge in [0.2, 0.25) is 0 Å². The Bertz CT molecular complexity index is 166. The highest BCUT2D eigenvalue weighted by Crippen LogP contribution is 2.31. The van der Waals surface area contributed by atoms with Gasteiger partial charge < -0.3 is 5.32 Å². The van der Waals surface area contributed by atoms with E-state index in [1.807, 2.05) is 0 Å². The predicted octanol–water partition coefficient (Wildman–Crippen LogP) is 4.08. The molecular weight excluding hydrogens is 214 g/mol. The minimum Gasteiger partial charge on any atom is -0.316 e. The van der Waals surface area contributed by atoms with Crippen molar-refractivity contribution in [3.63, 3.8) is 0 Å². The molecule has 0 aromatic rings. The first-order chi connectivity index (χ1) is 7.81. The molecule has 1 nitrogen and oxygen atoms in total. The van der Waals surface area contributed by atoms with Crippen molar-refractivity contribution in [2.45, 2.75) is 70.1 Å². The first-order valence-electron chi connectivity index (χ1n) is 7.10. The lowest BCUT2D eigenvalue weighted by atomic mass is 10.1. The van der Waals surface area contributed by atoms with Crippen molar-refractivity contribution in [2.75, 3.05) is 12.8 Å². The van der Waals surface area contributed by atoms with E-state index in [0.29, 0.717) is 0 Å². The normalized spacial score (nSPS) is 21.2. The highest BCUT2D eigenvalue weighted by atomic mass is 32.2. The van der Waals surface area contributed by atoms with Crippen molar-refractivity contribution in [1.82, 2.24) is 5.32 Å². The largest absolute Gasteiger partial charge is 0.316 e. The summed E-state index contributed by atoms with van der Waals surface area (Å²) in [6, 6.07) is 0.724. The number of rotatable bonds is 8. The number of nitrogens with one attached hydrogen (secondary N) is 1. The SMILES string of the molecule is CCCC(NC)C(CC)SCC1CCCC1. The van der Waals surface area contributed by atoms with Gasteiger partial charge in [0, 0.05) is 11.3 Å². The van der Waals surface area contributed by atoms with Gasteiger partial charge in [0.05, 0.1) is 0 Å². The van der Waals surface area contributed by atoms with Gasteiger partial charge in [-0.3, -0.25) is 0 Å². The van der Waals surface area contributed by atoms with Crippen molar-refractivity contribution in [2.24, 2.45) is 5.92 Å². The Morgan fingerprint density at radius 1 is 1.25 bits per heavy atom. The molecule has 1 rings (SSSR count). The van der Waals surface area contributed by atoms with Crippen molar-refractivity contribution >= 4 is 11.8 Å². The average molecular weight is 243 g/mol. The van der Waals surface area contributed by atoms with E-state index in [1.54, 1.807) is 0 Å². The second-order valence-corrected chi connectivity index (χ2v) is 6.39. The molecule has 2 unspecified atom stereocenters. The molecule has 1 aliphatic carbocycles. The van der Waals surface area contributed by atoms with E-state index in [-0.39, 0.29) is 0 Å². The molecule has 0 aromatic heterocycles. The lowest BCUT2D eigenvalue weighted by Crippen LogP contribution is -2.35. The Kier molecular flexibility index (Phi) is 7.55. The Morgan fingerprint density at radius 3 is 2.44 bits per heavy atom. The van der Waals surface area contributed by atoms with Gasteiger partial charge in [-0.2, -0.15) is 11.8 Å². The number of hydrogen-bond acceptors (Lipinski definition) is 2. The fourth-order valence-corrected chi connectivity index (χ4v) is 4.38. The van der Waals surface area contributed by atoms with Crippen LogP contribution in [0.5, 0.6) is 0 Å². The minimum absolute atomic E-state index is 0.724. The second kappa shape index (κ2) is 8.41. The van der Waals surface area contributed by atoms with Crippen LogP contribution in [0.2, 0.25) is 0 Å². The zero-order valence-corrected chi connectivity index (χ0v) is 12.1. The molecule has 1 saturated carbocycles.